The van der Waals surface area contributed by atoms with Gasteiger partial charge in [-0.1, -0.05) is 32.9 Å². The maximum atomic E-state index is 10.1. The van der Waals surface area contributed by atoms with Gasteiger partial charge in [0.15, 0.2) is 0 Å². The second kappa shape index (κ2) is 4.74. The van der Waals surface area contributed by atoms with Crippen LogP contribution in [0.1, 0.15) is 48.0 Å². The van der Waals surface area contributed by atoms with E-state index in [0.717, 1.165) is 12.0 Å². The van der Waals surface area contributed by atoms with Crippen molar-refractivity contribution in [2.45, 2.75) is 59.7 Å². The lowest BCUT2D eigenvalue weighted by Crippen LogP contribution is -2.27. The van der Waals surface area contributed by atoms with Gasteiger partial charge in [0.25, 0.3) is 0 Å². The highest BCUT2D eigenvalue weighted by Gasteiger charge is 2.42. The highest BCUT2D eigenvalue weighted by Crippen LogP contribution is 2.45. The van der Waals surface area contributed by atoms with Crippen LogP contribution in [0.5, 0.6) is 0 Å². The topological polar surface area (TPSA) is 29.5 Å². The minimum absolute atomic E-state index is 0.0958. The third-order valence-electron chi connectivity index (χ3n) is 3.61. The van der Waals surface area contributed by atoms with Crippen LogP contribution in [-0.4, -0.2) is 23.4 Å². The predicted molar refractivity (Wildman–Crippen MR) is 71.9 cm³/mol. The van der Waals surface area contributed by atoms with Crippen molar-refractivity contribution in [3.63, 3.8) is 0 Å². The molecule has 3 atom stereocenters. The molecule has 17 heavy (non-hydrogen) atoms. The van der Waals surface area contributed by atoms with Crippen molar-refractivity contribution in [1.29, 1.82) is 0 Å². The Kier molecular flexibility index (Phi) is 4.10. The molecule has 0 aliphatic heterocycles. The molecule has 0 saturated heterocycles. The van der Waals surface area contributed by atoms with Gasteiger partial charge in [-0.2, -0.15) is 0 Å². The number of aliphatic hydroxyl groups is 1. The number of hydrogen-bond acceptors (Lipinski definition) is 2. The lowest BCUT2D eigenvalue weighted by molar-refractivity contribution is -0.0338. The fourth-order valence-electron chi connectivity index (χ4n) is 2.53. The van der Waals surface area contributed by atoms with Gasteiger partial charge in [0.05, 0.1) is 18.3 Å². The molecule has 1 fully saturated rings. The first-order chi connectivity index (χ1) is 7.52. The average Bonchev–Trinajstić information content (AvgIpc) is 2.37. The summed E-state index contributed by atoms with van der Waals surface area (Å²) in [6, 6.07) is 0. The van der Waals surface area contributed by atoms with Crippen molar-refractivity contribution in [2.75, 3.05) is 6.61 Å². The molecule has 2 nitrogen and oxygen atoms in total. The van der Waals surface area contributed by atoms with E-state index in [1.807, 2.05) is 20.8 Å². The summed E-state index contributed by atoms with van der Waals surface area (Å²) in [5.74, 6) is 0.490. The molecule has 1 aliphatic rings. The number of aliphatic hydroxyl groups excluding tert-OH is 1. The van der Waals surface area contributed by atoms with Gasteiger partial charge in [-0.3, -0.25) is 0 Å². The van der Waals surface area contributed by atoms with Crippen LogP contribution in [0.25, 0.3) is 0 Å². The smallest absolute Gasteiger partial charge is 0.0633 e. The SMILES string of the molecule is C=C1C(COC(C)(C)C)C(O)CC1C(C)(C)C. The number of rotatable bonds is 2. The van der Waals surface area contributed by atoms with Gasteiger partial charge >= 0.3 is 0 Å². The Morgan fingerprint density at radius 2 is 1.76 bits per heavy atom. The Balaban J connectivity index is 2.67. The molecule has 0 radical (unpaired) electrons. The summed E-state index contributed by atoms with van der Waals surface area (Å²) in [6.45, 7) is 17.5. The van der Waals surface area contributed by atoms with Crippen LogP contribution >= 0.6 is 0 Å². The lowest BCUT2D eigenvalue weighted by atomic mass is 9.77. The maximum Gasteiger partial charge on any atom is 0.0633 e. The van der Waals surface area contributed by atoms with Gasteiger partial charge in [0.1, 0.15) is 0 Å². The van der Waals surface area contributed by atoms with Crippen molar-refractivity contribution in [2.24, 2.45) is 17.3 Å². The van der Waals surface area contributed by atoms with Crippen molar-refractivity contribution in [3.8, 4) is 0 Å². The Labute approximate surface area is 106 Å². The van der Waals surface area contributed by atoms with Gasteiger partial charge in [-0.15, -0.1) is 0 Å². The van der Waals surface area contributed by atoms with E-state index in [1.54, 1.807) is 0 Å². The lowest BCUT2D eigenvalue weighted by Gasteiger charge is -2.29. The minimum Gasteiger partial charge on any atom is -0.392 e. The first-order valence-electron chi connectivity index (χ1n) is 6.53. The first-order valence-corrected chi connectivity index (χ1v) is 6.53. The van der Waals surface area contributed by atoms with E-state index in [2.05, 4.69) is 27.4 Å². The van der Waals surface area contributed by atoms with Crippen molar-refractivity contribution < 1.29 is 9.84 Å². The molecule has 1 aliphatic carbocycles. The summed E-state index contributed by atoms with van der Waals surface area (Å²) in [7, 11) is 0. The van der Waals surface area contributed by atoms with Crippen LogP contribution in [0.4, 0.5) is 0 Å². The maximum absolute atomic E-state index is 10.1. The zero-order chi connectivity index (χ0) is 13.4. The van der Waals surface area contributed by atoms with Crippen LogP contribution in [-0.2, 0) is 4.74 Å². The number of ether oxygens (including phenoxy) is 1. The average molecular weight is 240 g/mol. The van der Waals surface area contributed by atoms with Gasteiger partial charge in [-0.25, -0.2) is 0 Å². The van der Waals surface area contributed by atoms with Crippen LogP contribution in [0, 0.1) is 17.3 Å². The molecule has 0 spiro atoms. The second-order valence-electron chi connectivity index (χ2n) is 7.33. The summed E-state index contributed by atoms with van der Waals surface area (Å²) >= 11 is 0. The van der Waals surface area contributed by atoms with Crippen LogP contribution in [0.15, 0.2) is 12.2 Å². The summed E-state index contributed by atoms with van der Waals surface area (Å²) in [4.78, 5) is 0. The molecule has 1 rings (SSSR count). The Bertz CT molecular complexity index is 280. The van der Waals surface area contributed by atoms with E-state index >= 15 is 0 Å². The van der Waals surface area contributed by atoms with Gasteiger partial charge in [0, 0.05) is 5.92 Å². The van der Waals surface area contributed by atoms with Gasteiger partial charge < -0.3 is 9.84 Å². The first kappa shape index (κ1) is 14.7. The largest absolute Gasteiger partial charge is 0.392 e. The van der Waals surface area contributed by atoms with E-state index in [1.165, 1.54) is 0 Å². The summed E-state index contributed by atoms with van der Waals surface area (Å²) < 4.78 is 5.79. The molecule has 3 unspecified atom stereocenters. The van der Waals surface area contributed by atoms with E-state index < -0.39 is 0 Å². The molecule has 0 aromatic rings. The fourth-order valence-corrected chi connectivity index (χ4v) is 2.53. The highest BCUT2D eigenvalue weighted by molar-refractivity contribution is 5.17. The molecular weight excluding hydrogens is 212 g/mol. The monoisotopic (exact) mass is 240 g/mol. The summed E-state index contributed by atoms with van der Waals surface area (Å²) in [5, 5.41) is 10.1. The molecule has 0 aromatic heterocycles. The quantitative estimate of drug-likeness (QED) is 0.750. The highest BCUT2D eigenvalue weighted by atomic mass is 16.5. The molecule has 0 amide bonds. The normalized spacial score (nSPS) is 31.0. The molecule has 100 valence electrons. The third-order valence-corrected chi connectivity index (χ3v) is 3.61. The molecule has 0 heterocycles. The van der Waals surface area contributed by atoms with Gasteiger partial charge in [-0.05, 0) is 38.5 Å². The van der Waals surface area contributed by atoms with E-state index in [-0.39, 0.29) is 23.0 Å². The zero-order valence-corrected chi connectivity index (χ0v) is 12.2. The van der Waals surface area contributed by atoms with Crippen molar-refractivity contribution in [1.82, 2.24) is 0 Å². The van der Waals surface area contributed by atoms with E-state index in [9.17, 15) is 5.11 Å². The van der Waals surface area contributed by atoms with Crippen molar-refractivity contribution in [3.05, 3.63) is 12.2 Å². The summed E-state index contributed by atoms with van der Waals surface area (Å²) in [5.41, 5.74) is 1.18. The van der Waals surface area contributed by atoms with Crippen molar-refractivity contribution >= 4 is 0 Å². The molecular formula is C15H28O2. The Morgan fingerprint density at radius 3 is 2.12 bits per heavy atom. The van der Waals surface area contributed by atoms with Crippen LogP contribution in [0.3, 0.4) is 0 Å². The molecule has 0 bridgehead atoms. The number of hydrogen-bond donors (Lipinski definition) is 1. The third kappa shape index (κ3) is 3.82. The molecule has 1 N–H and O–H groups in total. The van der Waals surface area contributed by atoms with E-state index in [0.29, 0.717) is 12.5 Å². The predicted octanol–water partition coefficient (Wildman–Crippen LogP) is 3.40. The van der Waals surface area contributed by atoms with Crippen LogP contribution in [0.2, 0.25) is 0 Å². The Hall–Kier alpha value is -0.340. The standard InChI is InChI=1S/C15H28O2/c1-10-11(9-17-15(5,6)7)13(16)8-12(10)14(2,3)4/h11-13,16H,1,8-9H2,2-7H3. The summed E-state index contributed by atoms with van der Waals surface area (Å²) in [6.07, 6.45) is 0.523. The second-order valence-corrected chi connectivity index (χ2v) is 7.33. The molecule has 1 saturated carbocycles. The Morgan fingerprint density at radius 1 is 1.24 bits per heavy atom. The fraction of sp³-hybridized carbons (Fsp3) is 0.867. The molecule has 2 heteroatoms. The molecule has 0 aromatic carbocycles. The van der Waals surface area contributed by atoms with Gasteiger partial charge in [0.2, 0.25) is 0 Å². The van der Waals surface area contributed by atoms with Crippen LogP contribution < -0.4 is 0 Å². The zero-order valence-electron chi connectivity index (χ0n) is 12.2. The van der Waals surface area contributed by atoms with E-state index in [4.69, 9.17) is 4.74 Å². The minimum atomic E-state index is -0.297.